The lowest BCUT2D eigenvalue weighted by Crippen LogP contribution is -2.27. The summed E-state index contributed by atoms with van der Waals surface area (Å²) in [6.45, 7) is 3.63. The molecule has 1 aromatic carbocycles. The molecule has 2 rings (SSSR count). The molecule has 0 amide bonds. The highest BCUT2D eigenvalue weighted by molar-refractivity contribution is 5.53. The Bertz CT molecular complexity index is 457. The molecule has 0 saturated heterocycles. The normalized spacial score (nSPS) is 11.5. The van der Waals surface area contributed by atoms with Crippen molar-refractivity contribution in [3.05, 3.63) is 30.7 Å². The molecule has 0 aliphatic rings. The number of rotatable bonds is 4. The van der Waals surface area contributed by atoms with Crippen LogP contribution in [0.2, 0.25) is 0 Å². The predicted octanol–water partition coefficient (Wildman–Crippen LogP) is 1.89. The van der Waals surface area contributed by atoms with Gasteiger partial charge in [-0.05, 0) is 38.1 Å². The van der Waals surface area contributed by atoms with Gasteiger partial charge in [0.2, 0.25) is 12.3 Å². The molecule has 2 aromatic rings. The fourth-order valence-electron chi connectivity index (χ4n) is 1.25. The van der Waals surface area contributed by atoms with Crippen LogP contribution in [0.1, 0.15) is 13.8 Å². The van der Waals surface area contributed by atoms with Gasteiger partial charge in [0.15, 0.2) is 0 Å². The lowest BCUT2D eigenvalue weighted by molar-refractivity contribution is 0.0285. The summed E-state index contributed by atoms with van der Waals surface area (Å²) in [7, 11) is 0. The number of nitrogens with zero attached hydrogens (tertiary/aromatic N) is 2. The molecule has 0 aliphatic heterocycles. The van der Waals surface area contributed by atoms with E-state index < -0.39 is 5.60 Å². The number of benzene rings is 1. The van der Waals surface area contributed by atoms with Gasteiger partial charge in [0.05, 0.1) is 5.60 Å². The van der Waals surface area contributed by atoms with Crippen molar-refractivity contribution < 1.29 is 14.3 Å². The summed E-state index contributed by atoms with van der Waals surface area (Å²) >= 11 is 0. The smallest absolute Gasteiger partial charge is 0.247 e. The number of aliphatic hydroxyl groups is 1. The molecule has 5 nitrogen and oxygen atoms in total. The van der Waals surface area contributed by atoms with Crippen LogP contribution in [0, 0.1) is 0 Å². The van der Waals surface area contributed by atoms with Gasteiger partial charge >= 0.3 is 0 Å². The van der Waals surface area contributed by atoms with E-state index in [1.54, 1.807) is 26.0 Å². The van der Waals surface area contributed by atoms with E-state index in [0.717, 1.165) is 5.56 Å². The molecule has 1 aromatic heterocycles. The topological polar surface area (TPSA) is 68.4 Å². The zero-order chi connectivity index (χ0) is 12.3. The summed E-state index contributed by atoms with van der Waals surface area (Å²) < 4.78 is 10.5. The van der Waals surface area contributed by atoms with E-state index >= 15 is 0 Å². The van der Waals surface area contributed by atoms with Crippen molar-refractivity contribution in [2.45, 2.75) is 19.4 Å². The molecule has 0 radical (unpaired) electrons. The lowest BCUT2D eigenvalue weighted by atomic mass is 10.1. The number of ether oxygens (including phenoxy) is 1. The molecule has 90 valence electrons. The standard InChI is InChI=1S/C12H14N2O3/c1-12(2,15)7-16-10-5-3-9(4-6-10)11-14-13-8-17-11/h3-6,8,15H,7H2,1-2H3. The highest BCUT2D eigenvalue weighted by Gasteiger charge is 2.13. The van der Waals surface area contributed by atoms with Crippen LogP contribution in [-0.2, 0) is 0 Å². The van der Waals surface area contributed by atoms with E-state index in [1.807, 2.05) is 12.1 Å². The Balaban J connectivity index is 2.04. The van der Waals surface area contributed by atoms with Crippen molar-refractivity contribution >= 4 is 0 Å². The van der Waals surface area contributed by atoms with Crippen LogP contribution >= 0.6 is 0 Å². The monoisotopic (exact) mass is 234 g/mol. The number of hydrogen-bond donors (Lipinski definition) is 1. The van der Waals surface area contributed by atoms with Crippen LogP contribution in [0.5, 0.6) is 5.75 Å². The first-order valence-electron chi connectivity index (χ1n) is 5.26. The van der Waals surface area contributed by atoms with Crippen LogP contribution in [0.4, 0.5) is 0 Å². The summed E-state index contributed by atoms with van der Waals surface area (Å²) in [6.07, 6.45) is 1.29. The van der Waals surface area contributed by atoms with Crippen LogP contribution in [0.3, 0.4) is 0 Å². The minimum absolute atomic E-state index is 0.243. The van der Waals surface area contributed by atoms with Crippen molar-refractivity contribution in [2.24, 2.45) is 0 Å². The van der Waals surface area contributed by atoms with E-state index in [4.69, 9.17) is 9.15 Å². The zero-order valence-electron chi connectivity index (χ0n) is 9.75. The molecule has 0 bridgehead atoms. The Kier molecular flexibility index (Phi) is 3.10. The van der Waals surface area contributed by atoms with Gasteiger partial charge < -0.3 is 14.3 Å². The highest BCUT2D eigenvalue weighted by atomic mass is 16.5. The molecular formula is C12H14N2O3. The van der Waals surface area contributed by atoms with Gasteiger partial charge in [0.1, 0.15) is 12.4 Å². The Morgan fingerprint density at radius 1 is 1.29 bits per heavy atom. The lowest BCUT2D eigenvalue weighted by Gasteiger charge is -2.17. The van der Waals surface area contributed by atoms with Crippen LogP contribution in [-0.4, -0.2) is 27.5 Å². The second-order valence-electron chi connectivity index (χ2n) is 4.37. The molecular weight excluding hydrogens is 220 g/mol. The van der Waals surface area contributed by atoms with Gasteiger partial charge in [-0.2, -0.15) is 0 Å². The van der Waals surface area contributed by atoms with E-state index in [-0.39, 0.29) is 6.61 Å². The SMILES string of the molecule is CC(C)(O)COc1ccc(-c2nnco2)cc1. The second kappa shape index (κ2) is 4.55. The fourth-order valence-corrected chi connectivity index (χ4v) is 1.25. The molecule has 1 N–H and O–H groups in total. The van der Waals surface area contributed by atoms with Gasteiger partial charge in [-0.25, -0.2) is 0 Å². The minimum Gasteiger partial charge on any atom is -0.491 e. The van der Waals surface area contributed by atoms with Gasteiger partial charge in [-0.15, -0.1) is 10.2 Å². The van der Waals surface area contributed by atoms with Crippen molar-refractivity contribution in [1.82, 2.24) is 10.2 Å². The predicted molar refractivity (Wildman–Crippen MR) is 61.5 cm³/mol. The van der Waals surface area contributed by atoms with E-state index in [1.165, 1.54) is 6.39 Å². The van der Waals surface area contributed by atoms with Crippen LogP contribution in [0.15, 0.2) is 35.1 Å². The molecule has 5 heteroatoms. The van der Waals surface area contributed by atoms with E-state index in [0.29, 0.717) is 11.6 Å². The molecule has 0 saturated carbocycles. The fraction of sp³-hybridized carbons (Fsp3) is 0.333. The summed E-state index contributed by atoms with van der Waals surface area (Å²) in [5, 5.41) is 16.9. The maximum Gasteiger partial charge on any atom is 0.247 e. The Labute approximate surface area is 99.1 Å². The van der Waals surface area contributed by atoms with E-state index in [9.17, 15) is 5.11 Å². The molecule has 1 heterocycles. The largest absolute Gasteiger partial charge is 0.491 e. The molecule has 0 atom stereocenters. The minimum atomic E-state index is -0.842. The summed E-state index contributed by atoms with van der Waals surface area (Å²) in [6, 6.07) is 7.25. The highest BCUT2D eigenvalue weighted by Crippen LogP contribution is 2.20. The van der Waals surface area contributed by atoms with Crippen molar-refractivity contribution in [1.29, 1.82) is 0 Å². The van der Waals surface area contributed by atoms with Gasteiger partial charge in [0, 0.05) is 5.56 Å². The third kappa shape index (κ3) is 3.29. The Hall–Kier alpha value is -1.88. The van der Waals surface area contributed by atoms with Gasteiger partial charge in [-0.3, -0.25) is 0 Å². The molecule has 0 fully saturated rings. The molecule has 17 heavy (non-hydrogen) atoms. The first kappa shape index (κ1) is 11.6. The summed E-state index contributed by atoms with van der Waals surface area (Å²) in [4.78, 5) is 0. The van der Waals surface area contributed by atoms with Crippen molar-refractivity contribution in [3.8, 4) is 17.2 Å². The molecule has 0 aliphatic carbocycles. The average Bonchev–Trinajstić information content (AvgIpc) is 2.79. The van der Waals surface area contributed by atoms with E-state index in [2.05, 4.69) is 10.2 Å². The molecule has 0 spiro atoms. The van der Waals surface area contributed by atoms with Gasteiger partial charge in [0.25, 0.3) is 0 Å². The zero-order valence-corrected chi connectivity index (χ0v) is 9.75. The number of hydrogen-bond acceptors (Lipinski definition) is 5. The summed E-state index contributed by atoms with van der Waals surface area (Å²) in [5.41, 5.74) is -0.0105. The number of aromatic nitrogens is 2. The maximum atomic E-state index is 9.53. The quantitative estimate of drug-likeness (QED) is 0.874. The third-order valence-electron chi connectivity index (χ3n) is 2.05. The Morgan fingerprint density at radius 2 is 2.00 bits per heavy atom. The first-order chi connectivity index (χ1) is 8.04. The molecule has 0 unspecified atom stereocenters. The second-order valence-corrected chi connectivity index (χ2v) is 4.37. The Morgan fingerprint density at radius 3 is 2.53 bits per heavy atom. The van der Waals surface area contributed by atoms with Crippen LogP contribution < -0.4 is 4.74 Å². The third-order valence-corrected chi connectivity index (χ3v) is 2.05. The van der Waals surface area contributed by atoms with Crippen molar-refractivity contribution in [2.75, 3.05) is 6.61 Å². The maximum absolute atomic E-state index is 9.53. The van der Waals surface area contributed by atoms with Crippen LogP contribution in [0.25, 0.3) is 11.5 Å². The van der Waals surface area contributed by atoms with Crippen molar-refractivity contribution in [3.63, 3.8) is 0 Å². The van der Waals surface area contributed by atoms with Gasteiger partial charge in [-0.1, -0.05) is 0 Å². The average molecular weight is 234 g/mol. The summed E-state index contributed by atoms with van der Waals surface area (Å²) in [5.74, 6) is 1.16. The first-order valence-corrected chi connectivity index (χ1v) is 5.26.